The molecule has 2 rings (SSSR count). The molecule has 0 aromatic heterocycles. The Morgan fingerprint density at radius 2 is 2.00 bits per heavy atom. The standard InChI is InChI=1S/C9H8Cl2N2O/c10-6-2-1-3-7(11)8(6)14-9-12-4-5-13-9/h1-3H,4-5H2,(H,12,13). The van der Waals surface area contributed by atoms with E-state index in [-0.39, 0.29) is 0 Å². The first kappa shape index (κ1) is 9.62. The molecule has 5 heteroatoms. The molecule has 1 heterocycles. The van der Waals surface area contributed by atoms with Crippen molar-refractivity contribution in [3.05, 3.63) is 28.2 Å². The Balaban J connectivity index is 2.23. The smallest absolute Gasteiger partial charge is 0.290 e. The second-order valence-electron chi connectivity index (χ2n) is 2.77. The van der Waals surface area contributed by atoms with E-state index in [0.717, 1.165) is 13.1 Å². The largest absolute Gasteiger partial charge is 0.423 e. The summed E-state index contributed by atoms with van der Waals surface area (Å²) < 4.78 is 5.41. The van der Waals surface area contributed by atoms with E-state index in [4.69, 9.17) is 27.9 Å². The van der Waals surface area contributed by atoms with Crippen molar-refractivity contribution in [2.24, 2.45) is 4.99 Å². The number of nitrogens with one attached hydrogen (secondary N) is 1. The van der Waals surface area contributed by atoms with Gasteiger partial charge in [0.25, 0.3) is 6.02 Å². The minimum atomic E-state index is 0.448. The highest BCUT2D eigenvalue weighted by atomic mass is 35.5. The number of rotatable bonds is 1. The number of para-hydroxylation sites is 1. The maximum absolute atomic E-state index is 5.92. The van der Waals surface area contributed by atoms with E-state index in [9.17, 15) is 0 Å². The molecule has 0 atom stereocenters. The Bertz CT molecular complexity index is 359. The van der Waals surface area contributed by atoms with Crippen LogP contribution in [0.2, 0.25) is 10.0 Å². The van der Waals surface area contributed by atoms with E-state index < -0.39 is 0 Å². The summed E-state index contributed by atoms with van der Waals surface area (Å²) in [6.07, 6.45) is 0. The van der Waals surface area contributed by atoms with E-state index in [1.54, 1.807) is 18.2 Å². The molecule has 0 amide bonds. The topological polar surface area (TPSA) is 33.6 Å². The van der Waals surface area contributed by atoms with Gasteiger partial charge < -0.3 is 10.1 Å². The molecule has 1 aromatic rings. The third-order valence-electron chi connectivity index (χ3n) is 1.76. The van der Waals surface area contributed by atoms with Crippen LogP contribution in [-0.4, -0.2) is 19.1 Å². The second-order valence-corrected chi connectivity index (χ2v) is 3.58. The molecule has 0 saturated carbocycles. The molecular weight excluding hydrogens is 223 g/mol. The van der Waals surface area contributed by atoms with E-state index in [2.05, 4.69) is 10.3 Å². The summed E-state index contributed by atoms with van der Waals surface area (Å²) in [5, 5.41) is 3.93. The SMILES string of the molecule is Clc1cccc(Cl)c1OC1=NCCN1. The minimum absolute atomic E-state index is 0.448. The normalized spacial score (nSPS) is 14.9. The van der Waals surface area contributed by atoms with Crippen LogP contribution in [0.5, 0.6) is 5.75 Å². The van der Waals surface area contributed by atoms with Gasteiger partial charge in [0, 0.05) is 6.54 Å². The summed E-state index contributed by atoms with van der Waals surface area (Å²) in [7, 11) is 0. The van der Waals surface area contributed by atoms with Gasteiger partial charge in [0.05, 0.1) is 16.6 Å². The van der Waals surface area contributed by atoms with Gasteiger partial charge in [-0.2, -0.15) is 0 Å². The van der Waals surface area contributed by atoms with Crippen molar-refractivity contribution in [1.29, 1.82) is 0 Å². The van der Waals surface area contributed by atoms with Crippen LogP contribution in [0.15, 0.2) is 23.2 Å². The molecule has 14 heavy (non-hydrogen) atoms. The molecule has 0 aliphatic carbocycles. The molecule has 1 N–H and O–H groups in total. The van der Waals surface area contributed by atoms with Crippen molar-refractivity contribution >= 4 is 29.2 Å². The highest BCUT2D eigenvalue weighted by molar-refractivity contribution is 6.37. The highest BCUT2D eigenvalue weighted by Crippen LogP contribution is 2.32. The lowest BCUT2D eigenvalue weighted by atomic mass is 10.3. The summed E-state index contributed by atoms with van der Waals surface area (Å²) >= 11 is 11.8. The van der Waals surface area contributed by atoms with Gasteiger partial charge in [0.15, 0.2) is 5.75 Å². The molecule has 0 saturated heterocycles. The third kappa shape index (κ3) is 1.94. The molecule has 0 spiro atoms. The summed E-state index contributed by atoms with van der Waals surface area (Å²) in [6, 6.07) is 5.68. The highest BCUT2D eigenvalue weighted by Gasteiger charge is 2.12. The predicted octanol–water partition coefficient (Wildman–Crippen LogP) is 2.33. The first-order valence-corrected chi connectivity index (χ1v) is 4.93. The zero-order valence-corrected chi connectivity index (χ0v) is 8.77. The van der Waals surface area contributed by atoms with Crippen molar-refractivity contribution in [3.8, 4) is 5.75 Å². The number of halogens is 2. The number of hydrogen-bond acceptors (Lipinski definition) is 3. The van der Waals surface area contributed by atoms with Gasteiger partial charge in [-0.25, -0.2) is 4.99 Å². The fraction of sp³-hybridized carbons (Fsp3) is 0.222. The Hall–Kier alpha value is -0.930. The second kappa shape index (κ2) is 4.07. The van der Waals surface area contributed by atoms with Crippen LogP contribution in [0.4, 0.5) is 0 Å². The maximum Gasteiger partial charge on any atom is 0.290 e. The van der Waals surface area contributed by atoms with Crippen molar-refractivity contribution in [1.82, 2.24) is 5.32 Å². The van der Waals surface area contributed by atoms with Gasteiger partial charge in [-0.15, -0.1) is 0 Å². The van der Waals surface area contributed by atoms with Crippen LogP contribution in [0.25, 0.3) is 0 Å². The lowest BCUT2D eigenvalue weighted by Crippen LogP contribution is -2.24. The summed E-state index contributed by atoms with van der Waals surface area (Å²) in [5.74, 6) is 0.448. The number of hydrogen-bond donors (Lipinski definition) is 1. The predicted molar refractivity (Wildman–Crippen MR) is 57.4 cm³/mol. The monoisotopic (exact) mass is 230 g/mol. The lowest BCUT2D eigenvalue weighted by molar-refractivity contribution is 0.530. The van der Waals surface area contributed by atoms with Crippen molar-refractivity contribution in [2.45, 2.75) is 0 Å². The Morgan fingerprint density at radius 1 is 1.29 bits per heavy atom. The van der Waals surface area contributed by atoms with Gasteiger partial charge in [0.1, 0.15) is 0 Å². The van der Waals surface area contributed by atoms with Gasteiger partial charge >= 0.3 is 0 Å². The molecule has 74 valence electrons. The van der Waals surface area contributed by atoms with E-state index in [1.165, 1.54) is 0 Å². The summed E-state index contributed by atoms with van der Waals surface area (Å²) in [4.78, 5) is 4.08. The fourth-order valence-electron chi connectivity index (χ4n) is 1.12. The quantitative estimate of drug-likeness (QED) is 0.804. The number of amidine groups is 1. The molecule has 1 aliphatic rings. The van der Waals surface area contributed by atoms with Crippen LogP contribution < -0.4 is 10.1 Å². The van der Waals surface area contributed by atoms with Crippen LogP contribution >= 0.6 is 23.2 Å². The van der Waals surface area contributed by atoms with Crippen LogP contribution in [0.3, 0.4) is 0 Å². The Morgan fingerprint density at radius 3 is 2.57 bits per heavy atom. The Labute approximate surface area is 91.7 Å². The zero-order valence-electron chi connectivity index (χ0n) is 7.26. The first-order chi connectivity index (χ1) is 6.77. The zero-order chi connectivity index (χ0) is 9.97. The fourth-order valence-corrected chi connectivity index (χ4v) is 1.60. The molecule has 0 bridgehead atoms. The van der Waals surface area contributed by atoms with E-state index in [0.29, 0.717) is 21.8 Å². The lowest BCUT2D eigenvalue weighted by Gasteiger charge is -2.08. The number of benzene rings is 1. The van der Waals surface area contributed by atoms with Crippen molar-refractivity contribution < 1.29 is 4.74 Å². The van der Waals surface area contributed by atoms with Gasteiger partial charge in [-0.05, 0) is 12.1 Å². The van der Waals surface area contributed by atoms with E-state index in [1.807, 2.05) is 0 Å². The summed E-state index contributed by atoms with van der Waals surface area (Å²) in [5.41, 5.74) is 0. The molecule has 0 fully saturated rings. The van der Waals surface area contributed by atoms with Crippen molar-refractivity contribution in [2.75, 3.05) is 13.1 Å². The average Bonchev–Trinajstić information content (AvgIpc) is 2.64. The van der Waals surface area contributed by atoms with Crippen LogP contribution in [0.1, 0.15) is 0 Å². The van der Waals surface area contributed by atoms with Crippen LogP contribution in [0, 0.1) is 0 Å². The van der Waals surface area contributed by atoms with Gasteiger partial charge in [0.2, 0.25) is 0 Å². The number of nitrogens with zero attached hydrogens (tertiary/aromatic N) is 1. The van der Waals surface area contributed by atoms with Gasteiger partial charge in [-0.1, -0.05) is 29.3 Å². The first-order valence-electron chi connectivity index (χ1n) is 4.17. The number of ether oxygens (including phenoxy) is 1. The maximum atomic E-state index is 5.92. The molecule has 3 nitrogen and oxygen atoms in total. The molecule has 1 aromatic carbocycles. The van der Waals surface area contributed by atoms with Crippen molar-refractivity contribution in [3.63, 3.8) is 0 Å². The number of aliphatic imine (C=N–C) groups is 1. The molecule has 1 aliphatic heterocycles. The van der Waals surface area contributed by atoms with Gasteiger partial charge in [-0.3, -0.25) is 0 Å². The minimum Gasteiger partial charge on any atom is -0.423 e. The average molecular weight is 231 g/mol. The van der Waals surface area contributed by atoms with E-state index >= 15 is 0 Å². The molecule has 0 radical (unpaired) electrons. The summed E-state index contributed by atoms with van der Waals surface area (Å²) in [6.45, 7) is 1.51. The Kier molecular flexibility index (Phi) is 2.79. The molecule has 0 unspecified atom stereocenters. The molecular formula is C9H8Cl2N2O. The third-order valence-corrected chi connectivity index (χ3v) is 2.36. The van der Waals surface area contributed by atoms with Crippen LogP contribution in [-0.2, 0) is 0 Å².